The fraction of sp³-hybridized carbons (Fsp3) is 0.375. The number of benzene rings is 2. The molecule has 41 heavy (non-hydrogen) atoms. The molecule has 1 fully saturated rings. The van der Waals surface area contributed by atoms with Crippen molar-refractivity contribution in [1.82, 2.24) is 24.8 Å². The van der Waals surface area contributed by atoms with E-state index in [0.29, 0.717) is 43.3 Å². The highest BCUT2D eigenvalue weighted by Gasteiger charge is 2.19. The third-order valence-electron chi connectivity index (χ3n) is 7.52. The number of likely N-dealkylation sites (tertiary alicyclic amines) is 1. The van der Waals surface area contributed by atoms with Gasteiger partial charge in [0.2, 0.25) is 11.9 Å². The normalized spacial score (nSPS) is 13.3. The molecule has 0 aliphatic carbocycles. The molecule has 2 aromatic heterocycles. The van der Waals surface area contributed by atoms with E-state index in [0.717, 1.165) is 42.1 Å². The standard InChI is InChI=1S/C32H38N6O3.2H2/c1-5-22-9-10-23(18-26(22)21(2)3)35-32-36-27-19-24(11-12-29(27)37(32)4)41-25-13-15-33-28(20-25)31(40)34-14-7-17-38-16-6-8-30(38)39;;/h9-13,15,18-21H,5-8,14,16-17H2,1-4H3,(H,34,40)(H,35,36);2*1H. The number of aryl methyl sites for hydroxylation is 2. The van der Waals surface area contributed by atoms with Gasteiger partial charge >= 0.3 is 0 Å². The summed E-state index contributed by atoms with van der Waals surface area (Å²) in [6.07, 6.45) is 4.82. The van der Waals surface area contributed by atoms with Crippen molar-refractivity contribution in [3.8, 4) is 11.5 Å². The van der Waals surface area contributed by atoms with Crippen LogP contribution in [-0.2, 0) is 18.3 Å². The van der Waals surface area contributed by atoms with Gasteiger partial charge in [0.25, 0.3) is 5.91 Å². The van der Waals surface area contributed by atoms with Crippen LogP contribution >= 0.6 is 0 Å². The molecule has 0 atom stereocenters. The number of ether oxygens (including phenoxy) is 1. The molecule has 1 saturated heterocycles. The molecule has 0 spiro atoms. The lowest BCUT2D eigenvalue weighted by Gasteiger charge is -2.15. The number of anilines is 2. The van der Waals surface area contributed by atoms with Gasteiger partial charge in [-0.15, -0.1) is 0 Å². The van der Waals surface area contributed by atoms with Crippen LogP contribution in [0.2, 0.25) is 0 Å². The first-order valence-electron chi connectivity index (χ1n) is 14.4. The second-order valence-corrected chi connectivity index (χ2v) is 10.8. The zero-order chi connectivity index (χ0) is 28.9. The molecule has 0 bridgehead atoms. The number of nitrogens with zero attached hydrogens (tertiary/aromatic N) is 4. The summed E-state index contributed by atoms with van der Waals surface area (Å²) in [5.41, 5.74) is 5.76. The van der Waals surface area contributed by atoms with Crippen LogP contribution in [0.1, 0.15) is 70.4 Å². The van der Waals surface area contributed by atoms with Crippen LogP contribution in [0, 0.1) is 0 Å². The van der Waals surface area contributed by atoms with Gasteiger partial charge in [0.1, 0.15) is 17.2 Å². The van der Waals surface area contributed by atoms with E-state index in [-0.39, 0.29) is 20.4 Å². The Balaban J connectivity index is 0.00000253. The average Bonchev–Trinajstić information content (AvgIpc) is 3.52. The molecule has 3 heterocycles. The van der Waals surface area contributed by atoms with Gasteiger partial charge in [0.05, 0.1) is 11.0 Å². The molecule has 218 valence electrons. The molecule has 9 heteroatoms. The Hall–Kier alpha value is -4.40. The fourth-order valence-electron chi connectivity index (χ4n) is 5.25. The average molecular weight is 559 g/mol. The first kappa shape index (κ1) is 28.1. The van der Waals surface area contributed by atoms with Gasteiger partial charge in [0, 0.05) is 60.0 Å². The van der Waals surface area contributed by atoms with Crippen molar-refractivity contribution in [3.05, 3.63) is 71.5 Å². The number of hydrogen-bond acceptors (Lipinski definition) is 6. The third kappa shape index (κ3) is 6.51. The predicted molar refractivity (Wildman–Crippen MR) is 165 cm³/mol. The highest BCUT2D eigenvalue weighted by molar-refractivity contribution is 5.92. The van der Waals surface area contributed by atoms with Gasteiger partial charge < -0.3 is 24.8 Å². The van der Waals surface area contributed by atoms with E-state index >= 15 is 0 Å². The molecular weight excluding hydrogens is 516 g/mol. The number of aromatic nitrogens is 3. The van der Waals surface area contributed by atoms with Crippen molar-refractivity contribution >= 4 is 34.5 Å². The molecule has 4 aromatic rings. The van der Waals surface area contributed by atoms with Gasteiger partial charge in [-0.2, -0.15) is 0 Å². The van der Waals surface area contributed by atoms with Gasteiger partial charge in [0.15, 0.2) is 0 Å². The molecule has 2 N–H and O–H groups in total. The predicted octanol–water partition coefficient (Wildman–Crippen LogP) is 6.42. The quantitative estimate of drug-likeness (QED) is 0.206. The fourth-order valence-corrected chi connectivity index (χ4v) is 5.25. The van der Waals surface area contributed by atoms with Crippen LogP contribution in [0.4, 0.5) is 11.6 Å². The lowest BCUT2D eigenvalue weighted by atomic mass is 9.95. The Morgan fingerprint density at radius 1 is 1.12 bits per heavy atom. The molecule has 2 amide bonds. The first-order valence-corrected chi connectivity index (χ1v) is 14.4. The van der Waals surface area contributed by atoms with E-state index < -0.39 is 0 Å². The number of fused-ring (bicyclic) bond motifs is 1. The minimum Gasteiger partial charge on any atom is -0.457 e. The molecule has 1 aliphatic rings. The van der Waals surface area contributed by atoms with Crippen LogP contribution in [0.25, 0.3) is 11.0 Å². The van der Waals surface area contributed by atoms with Crippen molar-refractivity contribution in [2.45, 2.75) is 52.4 Å². The number of rotatable bonds is 11. The maximum absolute atomic E-state index is 12.6. The van der Waals surface area contributed by atoms with Gasteiger partial charge in [-0.3, -0.25) is 14.6 Å². The molecule has 5 rings (SSSR count). The summed E-state index contributed by atoms with van der Waals surface area (Å²) >= 11 is 0. The summed E-state index contributed by atoms with van der Waals surface area (Å²) in [6.45, 7) is 8.56. The maximum Gasteiger partial charge on any atom is 0.270 e. The second-order valence-electron chi connectivity index (χ2n) is 10.8. The first-order chi connectivity index (χ1) is 19.8. The molecular formula is C32H42N6O3. The smallest absolute Gasteiger partial charge is 0.270 e. The van der Waals surface area contributed by atoms with Gasteiger partial charge in [-0.25, -0.2) is 4.98 Å². The second kappa shape index (κ2) is 12.4. The summed E-state index contributed by atoms with van der Waals surface area (Å²) in [5, 5.41) is 6.36. The number of imidazole rings is 1. The summed E-state index contributed by atoms with van der Waals surface area (Å²) in [7, 11) is 1.98. The van der Waals surface area contributed by atoms with E-state index in [2.05, 4.69) is 54.6 Å². The van der Waals surface area contributed by atoms with Crippen LogP contribution in [0.5, 0.6) is 11.5 Å². The van der Waals surface area contributed by atoms with Crippen LogP contribution in [0.15, 0.2) is 54.7 Å². The zero-order valence-electron chi connectivity index (χ0n) is 24.2. The van der Waals surface area contributed by atoms with Crippen molar-refractivity contribution in [2.75, 3.05) is 25.0 Å². The molecule has 2 aromatic carbocycles. The number of hydrogen-bond donors (Lipinski definition) is 2. The lowest BCUT2D eigenvalue weighted by molar-refractivity contribution is -0.127. The number of carbonyl (C=O) groups is 2. The monoisotopic (exact) mass is 558 g/mol. The number of nitrogens with one attached hydrogen (secondary N) is 2. The summed E-state index contributed by atoms with van der Waals surface area (Å²) < 4.78 is 8.11. The zero-order valence-corrected chi connectivity index (χ0v) is 24.2. The van der Waals surface area contributed by atoms with Crippen molar-refractivity contribution in [1.29, 1.82) is 0 Å². The van der Waals surface area contributed by atoms with Crippen LogP contribution in [0.3, 0.4) is 0 Å². The molecule has 0 unspecified atom stereocenters. The Labute approximate surface area is 243 Å². The molecule has 0 radical (unpaired) electrons. The highest BCUT2D eigenvalue weighted by atomic mass is 16.5. The number of carbonyl (C=O) groups excluding carboxylic acids is 2. The SMILES string of the molecule is CCc1ccc(Nc2nc3cc(Oc4ccnc(C(=O)NCCCN5CCCC5=O)c4)ccc3n2C)cc1C(C)C.[HH].[HH]. The van der Waals surface area contributed by atoms with Crippen molar-refractivity contribution in [3.63, 3.8) is 0 Å². The highest BCUT2D eigenvalue weighted by Crippen LogP contribution is 2.30. The number of amides is 2. The van der Waals surface area contributed by atoms with Crippen molar-refractivity contribution in [2.24, 2.45) is 7.05 Å². The van der Waals surface area contributed by atoms with E-state index in [9.17, 15) is 9.59 Å². The maximum atomic E-state index is 12.6. The van der Waals surface area contributed by atoms with E-state index in [4.69, 9.17) is 9.72 Å². The topological polar surface area (TPSA) is 101 Å². The minimum absolute atomic E-state index is 0. The Morgan fingerprint density at radius 2 is 1.95 bits per heavy atom. The largest absolute Gasteiger partial charge is 0.457 e. The number of pyridine rings is 1. The molecule has 0 saturated carbocycles. The summed E-state index contributed by atoms with van der Waals surface area (Å²) in [6, 6.07) is 15.6. The molecule has 1 aliphatic heterocycles. The third-order valence-corrected chi connectivity index (χ3v) is 7.52. The van der Waals surface area contributed by atoms with E-state index in [1.165, 1.54) is 11.1 Å². The minimum atomic E-state index is -0.272. The summed E-state index contributed by atoms with van der Waals surface area (Å²) in [4.78, 5) is 35.2. The van der Waals surface area contributed by atoms with E-state index in [1.807, 2.05) is 34.7 Å². The molecule has 9 nitrogen and oxygen atoms in total. The lowest BCUT2D eigenvalue weighted by Crippen LogP contribution is -2.30. The Morgan fingerprint density at radius 3 is 2.71 bits per heavy atom. The van der Waals surface area contributed by atoms with Gasteiger partial charge in [-0.05, 0) is 66.6 Å². The van der Waals surface area contributed by atoms with Crippen molar-refractivity contribution < 1.29 is 17.2 Å². The Bertz CT molecular complexity index is 1570. The Kier molecular flexibility index (Phi) is 8.52. The van der Waals surface area contributed by atoms with Gasteiger partial charge in [-0.1, -0.05) is 26.8 Å². The van der Waals surface area contributed by atoms with Crippen LogP contribution in [-0.4, -0.2) is 50.9 Å². The van der Waals surface area contributed by atoms with E-state index in [1.54, 1.807) is 18.3 Å². The summed E-state index contributed by atoms with van der Waals surface area (Å²) in [5.74, 6) is 2.24. The van der Waals surface area contributed by atoms with Crippen LogP contribution < -0.4 is 15.4 Å².